The van der Waals surface area contributed by atoms with Gasteiger partial charge in [0.2, 0.25) is 0 Å². The smallest absolute Gasteiger partial charge is 0.186 e. The SMILES string of the molecule is OCCC1CCN(c2nc3ccc(Br)cc3s2)CC1. The standard InChI is InChI=1S/C14H17BrN2OS/c15-11-1-2-12-13(9-11)19-14(16-12)17-6-3-10(4-7-17)5-8-18/h1-2,9-10,18H,3-8H2. The molecule has 3 rings (SSSR count). The molecule has 3 nitrogen and oxygen atoms in total. The largest absolute Gasteiger partial charge is 0.396 e. The zero-order valence-electron chi connectivity index (χ0n) is 10.7. The normalized spacial score (nSPS) is 17.3. The van der Waals surface area contributed by atoms with Crippen LogP contribution in [0, 0.1) is 5.92 Å². The average Bonchev–Trinajstić information content (AvgIpc) is 2.83. The van der Waals surface area contributed by atoms with Crippen molar-refractivity contribution in [3.8, 4) is 0 Å². The maximum absolute atomic E-state index is 8.99. The molecule has 0 amide bonds. The molecule has 0 atom stereocenters. The van der Waals surface area contributed by atoms with Crippen molar-refractivity contribution in [2.75, 3.05) is 24.6 Å². The Balaban J connectivity index is 1.74. The number of hydrogen-bond acceptors (Lipinski definition) is 4. The highest BCUT2D eigenvalue weighted by Gasteiger charge is 2.21. The van der Waals surface area contributed by atoms with Crippen molar-refractivity contribution in [3.05, 3.63) is 22.7 Å². The third-order valence-corrected chi connectivity index (χ3v) is 5.33. The van der Waals surface area contributed by atoms with Crippen LogP contribution >= 0.6 is 27.3 Å². The van der Waals surface area contributed by atoms with Crippen LogP contribution in [0.15, 0.2) is 22.7 Å². The predicted molar refractivity (Wildman–Crippen MR) is 84.0 cm³/mol. The van der Waals surface area contributed by atoms with E-state index in [2.05, 4.69) is 33.0 Å². The monoisotopic (exact) mass is 340 g/mol. The highest BCUT2D eigenvalue weighted by atomic mass is 79.9. The summed E-state index contributed by atoms with van der Waals surface area (Å²) >= 11 is 5.27. The molecule has 19 heavy (non-hydrogen) atoms. The van der Waals surface area contributed by atoms with Gasteiger partial charge >= 0.3 is 0 Å². The fraction of sp³-hybridized carbons (Fsp3) is 0.500. The van der Waals surface area contributed by atoms with Crippen LogP contribution < -0.4 is 4.90 Å². The summed E-state index contributed by atoms with van der Waals surface area (Å²) in [5, 5.41) is 10.1. The van der Waals surface area contributed by atoms with Gasteiger partial charge in [-0.15, -0.1) is 0 Å². The maximum Gasteiger partial charge on any atom is 0.186 e. The number of fused-ring (bicyclic) bond motifs is 1. The molecule has 0 saturated carbocycles. The molecule has 1 N–H and O–H groups in total. The van der Waals surface area contributed by atoms with Crippen molar-refractivity contribution in [2.24, 2.45) is 5.92 Å². The summed E-state index contributed by atoms with van der Waals surface area (Å²) in [6.45, 7) is 2.44. The molecule has 0 radical (unpaired) electrons. The maximum atomic E-state index is 8.99. The quantitative estimate of drug-likeness (QED) is 0.926. The van der Waals surface area contributed by atoms with Gasteiger partial charge in [0.15, 0.2) is 5.13 Å². The van der Waals surface area contributed by atoms with Crippen molar-refractivity contribution in [1.29, 1.82) is 0 Å². The lowest BCUT2D eigenvalue weighted by molar-refractivity contribution is 0.240. The second kappa shape index (κ2) is 5.77. The molecular weight excluding hydrogens is 324 g/mol. The molecule has 2 aromatic rings. The Kier molecular flexibility index (Phi) is 4.05. The van der Waals surface area contributed by atoms with Gasteiger partial charge in [0.05, 0.1) is 10.2 Å². The summed E-state index contributed by atoms with van der Waals surface area (Å²) < 4.78 is 2.35. The predicted octanol–water partition coefficient (Wildman–Crippen LogP) is 3.66. The minimum absolute atomic E-state index is 0.319. The van der Waals surface area contributed by atoms with Gasteiger partial charge in [-0.1, -0.05) is 27.3 Å². The molecule has 1 aliphatic heterocycles. The number of benzene rings is 1. The van der Waals surface area contributed by atoms with E-state index in [1.54, 1.807) is 11.3 Å². The zero-order valence-corrected chi connectivity index (χ0v) is 13.1. The topological polar surface area (TPSA) is 36.4 Å². The Labute approximate surface area is 125 Å². The van der Waals surface area contributed by atoms with E-state index < -0.39 is 0 Å². The average molecular weight is 341 g/mol. The lowest BCUT2D eigenvalue weighted by Gasteiger charge is -2.31. The van der Waals surface area contributed by atoms with Crippen LogP contribution in [-0.4, -0.2) is 29.8 Å². The van der Waals surface area contributed by atoms with E-state index in [9.17, 15) is 0 Å². The third kappa shape index (κ3) is 2.93. The Hall–Kier alpha value is -0.650. The van der Waals surface area contributed by atoms with Gasteiger partial charge in [-0.05, 0) is 43.4 Å². The second-order valence-corrected chi connectivity index (χ2v) is 6.98. The lowest BCUT2D eigenvalue weighted by atomic mass is 9.94. The Morgan fingerprint density at radius 1 is 1.37 bits per heavy atom. The molecule has 0 aliphatic carbocycles. The number of halogens is 1. The molecule has 5 heteroatoms. The molecule has 0 unspecified atom stereocenters. The number of aliphatic hydroxyl groups is 1. The lowest BCUT2D eigenvalue weighted by Crippen LogP contribution is -2.33. The molecule has 2 heterocycles. The van der Waals surface area contributed by atoms with E-state index in [-0.39, 0.29) is 0 Å². The summed E-state index contributed by atoms with van der Waals surface area (Å²) in [6, 6.07) is 6.24. The number of thiazole rings is 1. The number of aliphatic hydroxyl groups excluding tert-OH is 1. The highest BCUT2D eigenvalue weighted by Crippen LogP contribution is 2.33. The van der Waals surface area contributed by atoms with E-state index in [0.717, 1.165) is 34.6 Å². The van der Waals surface area contributed by atoms with E-state index in [4.69, 9.17) is 10.1 Å². The number of rotatable bonds is 3. The minimum Gasteiger partial charge on any atom is -0.396 e. The number of hydrogen-bond donors (Lipinski definition) is 1. The van der Waals surface area contributed by atoms with Crippen LogP contribution in [-0.2, 0) is 0 Å². The van der Waals surface area contributed by atoms with Crippen LogP contribution in [0.4, 0.5) is 5.13 Å². The van der Waals surface area contributed by atoms with E-state index in [1.165, 1.54) is 17.5 Å². The molecular formula is C14H17BrN2OS. The van der Waals surface area contributed by atoms with Gasteiger partial charge < -0.3 is 10.0 Å². The Morgan fingerprint density at radius 2 is 2.16 bits per heavy atom. The molecule has 102 valence electrons. The van der Waals surface area contributed by atoms with Crippen molar-refractivity contribution in [1.82, 2.24) is 4.98 Å². The van der Waals surface area contributed by atoms with E-state index in [0.29, 0.717) is 12.5 Å². The van der Waals surface area contributed by atoms with Crippen molar-refractivity contribution in [2.45, 2.75) is 19.3 Å². The fourth-order valence-corrected chi connectivity index (χ4v) is 4.19. The molecule has 1 aromatic heterocycles. The zero-order chi connectivity index (χ0) is 13.2. The summed E-state index contributed by atoms with van der Waals surface area (Å²) in [7, 11) is 0. The number of nitrogens with zero attached hydrogens (tertiary/aromatic N) is 2. The van der Waals surface area contributed by atoms with Crippen LogP contribution in [0.1, 0.15) is 19.3 Å². The molecule has 1 aliphatic rings. The van der Waals surface area contributed by atoms with E-state index in [1.807, 2.05) is 6.07 Å². The van der Waals surface area contributed by atoms with Crippen molar-refractivity contribution >= 4 is 42.6 Å². The second-order valence-electron chi connectivity index (χ2n) is 5.05. The molecule has 0 spiro atoms. The summed E-state index contributed by atoms with van der Waals surface area (Å²) in [5.41, 5.74) is 1.08. The molecule has 1 aromatic carbocycles. The first-order valence-electron chi connectivity index (χ1n) is 6.68. The first-order valence-corrected chi connectivity index (χ1v) is 8.29. The summed E-state index contributed by atoms with van der Waals surface area (Å²) in [4.78, 5) is 7.10. The minimum atomic E-state index is 0.319. The first kappa shape index (κ1) is 13.3. The van der Waals surface area contributed by atoms with Crippen LogP contribution in [0.2, 0.25) is 0 Å². The van der Waals surface area contributed by atoms with E-state index >= 15 is 0 Å². The number of aromatic nitrogens is 1. The van der Waals surface area contributed by atoms with Gasteiger partial charge in [0, 0.05) is 24.2 Å². The summed E-state index contributed by atoms with van der Waals surface area (Å²) in [5.74, 6) is 0.685. The third-order valence-electron chi connectivity index (χ3n) is 3.76. The Bertz CT molecular complexity index is 564. The first-order chi connectivity index (χ1) is 9.26. The number of piperidine rings is 1. The van der Waals surface area contributed by atoms with Crippen molar-refractivity contribution < 1.29 is 5.11 Å². The number of anilines is 1. The van der Waals surface area contributed by atoms with Gasteiger partial charge in [0.25, 0.3) is 0 Å². The van der Waals surface area contributed by atoms with Gasteiger partial charge in [-0.3, -0.25) is 0 Å². The fourth-order valence-electron chi connectivity index (χ4n) is 2.62. The summed E-state index contributed by atoms with van der Waals surface area (Å²) in [6.07, 6.45) is 3.28. The van der Waals surface area contributed by atoms with Gasteiger partial charge in [0.1, 0.15) is 0 Å². The van der Waals surface area contributed by atoms with Crippen LogP contribution in [0.5, 0.6) is 0 Å². The van der Waals surface area contributed by atoms with Crippen LogP contribution in [0.3, 0.4) is 0 Å². The molecule has 1 saturated heterocycles. The highest BCUT2D eigenvalue weighted by molar-refractivity contribution is 9.10. The van der Waals surface area contributed by atoms with Gasteiger partial charge in [-0.2, -0.15) is 0 Å². The molecule has 0 bridgehead atoms. The Morgan fingerprint density at radius 3 is 2.89 bits per heavy atom. The van der Waals surface area contributed by atoms with Crippen LogP contribution in [0.25, 0.3) is 10.2 Å². The van der Waals surface area contributed by atoms with Crippen molar-refractivity contribution in [3.63, 3.8) is 0 Å². The van der Waals surface area contributed by atoms with Gasteiger partial charge in [-0.25, -0.2) is 4.98 Å². The molecule has 1 fully saturated rings.